The molecule has 0 atom stereocenters. The van der Waals surface area contributed by atoms with Crippen molar-refractivity contribution in [2.75, 3.05) is 32.8 Å². The van der Waals surface area contributed by atoms with Crippen molar-refractivity contribution < 1.29 is 28.1 Å². The Morgan fingerprint density at radius 2 is 1.82 bits per heavy atom. The number of carbonyl (C=O) groups is 1. The van der Waals surface area contributed by atoms with Crippen LogP contribution in [0.1, 0.15) is 19.8 Å². The lowest BCUT2D eigenvalue weighted by atomic mass is 10.2. The van der Waals surface area contributed by atoms with Crippen LogP contribution in [0.5, 0.6) is 23.0 Å². The third-order valence-electron chi connectivity index (χ3n) is 4.74. The summed E-state index contributed by atoms with van der Waals surface area (Å²) < 4.78 is 36.5. The molecular formula is C24H26FN3O5S. The summed E-state index contributed by atoms with van der Waals surface area (Å²) in [4.78, 5) is 16.2. The molecule has 2 aromatic carbocycles. The molecule has 0 saturated heterocycles. The lowest BCUT2D eigenvalue weighted by Crippen LogP contribution is -2.36. The number of nitrogens with zero attached hydrogens (tertiary/aromatic N) is 1. The number of fused-ring (bicyclic) bond motifs is 1. The van der Waals surface area contributed by atoms with Gasteiger partial charge in [0.2, 0.25) is 0 Å². The molecule has 0 spiro atoms. The fourth-order valence-electron chi connectivity index (χ4n) is 3.05. The number of ether oxygens (including phenoxy) is 4. The van der Waals surface area contributed by atoms with Crippen molar-refractivity contribution in [2.45, 2.75) is 19.8 Å². The van der Waals surface area contributed by atoms with Gasteiger partial charge in [-0.05, 0) is 42.9 Å². The Morgan fingerprint density at radius 1 is 1.06 bits per heavy atom. The summed E-state index contributed by atoms with van der Waals surface area (Å²) in [7, 11) is 3.06. The van der Waals surface area contributed by atoms with E-state index in [0.717, 1.165) is 12.8 Å². The van der Waals surface area contributed by atoms with Crippen molar-refractivity contribution in [3.63, 3.8) is 0 Å². The minimum atomic E-state index is -0.618. The molecule has 2 N–H and O–H groups in total. The molecule has 180 valence electrons. The number of anilines is 1. The zero-order valence-electron chi connectivity index (χ0n) is 19.1. The molecule has 0 radical (unpaired) electrons. The number of amides is 1. The Labute approximate surface area is 202 Å². The van der Waals surface area contributed by atoms with E-state index in [-0.39, 0.29) is 23.4 Å². The van der Waals surface area contributed by atoms with Crippen molar-refractivity contribution in [2.24, 2.45) is 0 Å². The number of unbranched alkanes of at least 4 members (excludes halogenated alkanes) is 1. The number of hydrogen-bond acceptors (Lipinski definition) is 7. The van der Waals surface area contributed by atoms with E-state index >= 15 is 0 Å². The summed E-state index contributed by atoms with van der Waals surface area (Å²) in [6.45, 7) is 2.44. The summed E-state index contributed by atoms with van der Waals surface area (Å²) in [5.74, 6) is 0.428. The average Bonchev–Trinajstić information content (AvgIpc) is 2.82. The third kappa shape index (κ3) is 6.52. The second-order valence-electron chi connectivity index (χ2n) is 7.19. The van der Waals surface area contributed by atoms with Gasteiger partial charge in [-0.25, -0.2) is 4.39 Å². The first-order valence-electron chi connectivity index (χ1n) is 10.6. The van der Waals surface area contributed by atoms with Gasteiger partial charge in [0.05, 0.1) is 19.7 Å². The predicted molar refractivity (Wildman–Crippen MR) is 131 cm³/mol. The molecule has 0 aliphatic rings. The van der Waals surface area contributed by atoms with Gasteiger partial charge in [-0.3, -0.25) is 9.78 Å². The van der Waals surface area contributed by atoms with E-state index in [4.69, 9.17) is 31.2 Å². The molecule has 0 saturated carbocycles. The molecule has 1 amide bonds. The summed E-state index contributed by atoms with van der Waals surface area (Å²) in [5, 5.41) is 5.94. The topological polar surface area (TPSA) is 90.9 Å². The van der Waals surface area contributed by atoms with Gasteiger partial charge in [0.25, 0.3) is 5.91 Å². The number of pyridine rings is 1. The molecule has 3 aromatic rings. The highest BCUT2D eigenvalue weighted by Crippen LogP contribution is 2.37. The molecule has 0 bridgehead atoms. The Kier molecular flexibility index (Phi) is 8.94. The fourth-order valence-corrected chi connectivity index (χ4v) is 3.28. The van der Waals surface area contributed by atoms with E-state index in [9.17, 15) is 9.18 Å². The van der Waals surface area contributed by atoms with Gasteiger partial charge in [0, 0.05) is 36.0 Å². The van der Waals surface area contributed by atoms with E-state index in [0.29, 0.717) is 40.4 Å². The summed E-state index contributed by atoms with van der Waals surface area (Å²) in [6.07, 6.45) is 3.42. The molecule has 1 heterocycles. The smallest absolute Gasteiger partial charge is 0.252 e. The van der Waals surface area contributed by atoms with Gasteiger partial charge in [-0.2, -0.15) is 0 Å². The second-order valence-corrected chi connectivity index (χ2v) is 7.60. The summed E-state index contributed by atoms with van der Waals surface area (Å²) >= 11 is 5.11. The van der Waals surface area contributed by atoms with Crippen molar-refractivity contribution >= 4 is 39.8 Å². The highest BCUT2D eigenvalue weighted by Gasteiger charge is 2.14. The zero-order chi connectivity index (χ0) is 24.5. The van der Waals surface area contributed by atoms with Crippen LogP contribution in [-0.4, -0.2) is 43.4 Å². The van der Waals surface area contributed by atoms with E-state index in [1.165, 1.54) is 26.4 Å². The number of aromatic nitrogens is 1. The van der Waals surface area contributed by atoms with Crippen LogP contribution in [0, 0.1) is 5.82 Å². The van der Waals surface area contributed by atoms with Gasteiger partial charge in [-0.1, -0.05) is 13.3 Å². The molecular weight excluding hydrogens is 461 g/mol. The SMILES string of the molecule is CCCCOCC(=O)NC(=S)Nc1ccc(Oc2ccnc3cc(OC)c(OC)cc23)c(F)c1. The first-order chi connectivity index (χ1) is 16.4. The van der Waals surface area contributed by atoms with Crippen LogP contribution < -0.4 is 24.8 Å². The molecule has 0 unspecified atom stereocenters. The van der Waals surface area contributed by atoms with Gasteiger partial charge < -0.3 is 29.6 Å². The largest absolute Gasteiger partial charge is 0.493 e. The molecule has 3 rings (SSSR count). The predicted octanol–water partition coefficient (Wildman–Crippen LogP) is 4.81. The zero-order valence-corrected chi connectivity index (χ0v) is 20.0. The number of benzene rings is 2. The van der Waals surface area contributed by atoms with E-state index in [1.54, 1.807) is 30.5 Å². The minimum absolute atomic E-state index is 0.00659. The van der Waals surface area contributed by atoms with E-state index in [1.807, 2.05) is 6.92 Å². The maximum Gasteiger partial charge on any atom is 0.252 e. The number of rotatable bonds is 10. The lowest BCUT2D eigenvalue weighted by Gasteiger charge is -2.14. The molecule has 0 aliphatic carbocycles. The van der Waals surface area contributed by atoms with E-state index in [2.05, 4.69) is 15.6 Å². The quantitative estimate of drug-likeness (QED) is 0.311. The molecule has 10 heteroatoms. The average molecular weight is 488 g/mol. The minimum Gasteiger partial charge on any atom is -0.493 e. The van der Waals surface area contributed by atoms with Gasteiger partial charge in [-0.15, -0.1) is 0 Å². The van der Waals surface area contributed by atoms with Crippen LogP contribution in [0.3, 0.4) is 0 Å². The van der Waals surface area contributed by atoms with Crippen molar-refractivity contribution in [3.8, 4) is 23.0 Å². The number of hydrogen-bond donors (Lipinski definition) is 2. The third-order valence-corrected chi connectivity index (χ3v) is 4.95. The Balaban J connectivity index is 1.68. The fraction of sp³-hybridized carbons (Fsp3) is 0.292. The lowest BCUT2D eigenvalue weighted by molar-refractivity contribution is -0.124. The second kappa shape index (κ2) is 12.1. The number of thiocarbonyl (C=S) groups is 1. The van der Waals surface area contributed by atoms with Crippen LogP contribution in [0.2, 0.25) is 0 Å². The first kappa shape index (κ1) is 25.1. The number of carbonyl (C=O) groups excluding carboxylic acids is 1. The molecule has 34 heavy (non-hydrogen) atoms. The Hall–Kier alpha value is -3.50. The van der Waals surface area contributed by atoms with Crippen molar-refractivity contribution in [1.82, 2.24) is 10.3 Å². The molecule has 8 nitrogen and oxygen atoms in total. The van der Waals surface area contributed by atoms with Crippen LogP contribution in [0.15, 0.2) is 42.6 Å². The normalized spacial score (nSPS) is 10.6. The standard InChI is InChI=1S/C24H26FN3O5S/c1-4-5-10-32-14-23(29)28-24(34)27-15-6-7-20(17(25)11-15)33-19-8-9-26-18-13-22(31-3)21(30-2)12-16(18)19/h6-9,11-13H,4-5,10,14H2,1-3H3,(H2,27,28,29,34). The van der Waals surface area contributed by atoms with Gasteiger partial charge >= 0.3 is 0 Å². The number of halogens is 1. The molecule has 0 fully saturated rings. The van der Waals surface area contributed by atoms with Gasteiger partial charge in [0.1, 0.15) is 12.4 Å². The summed E-state index contributed by atoms with van der Waals surface area (Å²) in [5.41, 5.74) is 0.960. The molecule has 1 aromatic heterocycles. The number of nitrogens with one attached hydrogen (secondary N) is 2. The van der Waals surface area contributed by atoms with Crippen LogP contribution >= 0.6 is 12.2 Å². The van der Waals surface area contributed by atoms with E-state index < -0.39 is 5.82 Å². The highest BCUT2D eigenvalue weighted by molar-refractivity contribution is 7.80. The Morgan fingerprint density at radius 3 is 2.53 bits per heavy atom. The monoisotopic (exact) mass is 487 g/mol. The Bertz CT molecular complexity index is 1170. The maximum atomic E-state index is 14.8. The summed E-state index contributed by atoms with van der Waals surface area (Å²) in [6, 6.07) is 9.34. The van der Waals surface area contributed by atoms with Crippen molar-refractivity contribution in [3.05, 3.63) is 48.4 Å². The van der Waals surface area contributed by atoms with Crippen LogP contribution in [-0.2, 0) is 9.53 Å². The maximum absolute atomic E-state index is 14.8. The number of methoxy groups -OCH3 is 2. The van der Waals surface area contributed by atoms with Gasteiger partial charge in [0.15, 0.2) is 28.2 Å². The highest BCUT2D eigenvalue weighted by atomic mass is 32.1. The van der Waals surface area contributed by atoms with Crippen LogP contribution in [0.4, 0.5) is 10.1 Å². The van der Waals surface area contributed by atoms with Crippen molar-refractivity contribution in [1.29, 1.82) is 0 Å². The first-order valence-corrected chi connectivity index (χ1v) is 11.0. The molecule has 0 aliphatic heterocycles. The van der Waals surface area contributed by atoms with Crippen LogP contribution in [0.25, 0.3) is 10.9 Å².